The highest BCUT2D eigenvalue weighted by atomic mass is 32.2. The van der Waals surface area contributed by atoms with Crippen LogP contribution in [0.2, 0.25) is 0 Å². The van der Waals surface area contributed by atoms with Crippen molar-refractivity contribution in [2.45, 2.75) is 22.8 Å². The minimum atomic E-state index is -3.73. The van der Waals surface area contributed by atoms with E-state index in [0.29, 0.717) is 0 Å². The maximum absolute atomic E-state index is 12.9. The summed E-state index contributed by atoms with van der Waals surface area (Å²) < 4.78 is 35.4. The fourth-order valence-corrected chi connectivity index (χ4v) is 3.49. The Morgan fingerprint density at radius 3 is 2.24 bits per heavy atom. The Morgan fingerprint density at radius 1 is 1.16 bits per heavy atom. The van der Waals surface area contributed by atoms with Crippen LogP contribution < -0.4 is 5.14 Å². The number of nitrogens with two attached hydrogens (primary N) is 1. The van der Waals surface area contributed by atoms with Crippen molar-refractivity contribution in [1.82, 2.24) is 4.90 Å². The summed E-state index contributed by atoms with van der Waals surface area (Å²) in [5, 5.41) is 5.08. The molecule has 0 fully saturated rings. The second kappa shape index (κ2) is 7.99. The molecular weight excluding hydrogens is 363 g/mol. The first-order valence-electron chi connectivity index (χ1n) is 7.45. The second-order valence-electron chi connectivity index (χ2n) is 5.54. The van der Waals surface area contributed by atoms with Crippen LogP contribution >= 0.6 is 11.8 Å². The highest BCUT2D eigenvalue weighted by Crippen LogP contribution is 2.23. The summed E-state index contributed by atoms with van der Waals surface area (Å²) in [7, 11) is -2.05. The molecule has 2 rings (SSSR count). The number of nitrogens with zero attached hydrogens (tertiary/aromatic N) is 1. The van der Waals surface area contributed by atoms with Crippen LogP contribution in [0.4, 0.5) is 4.39 Å². The van der Waals surface area contributed by atoms with Gasteiger partial charge in [-0.3, -0.25) is 4.79 Å². The Balaban J connectivity index is 1.99. The quantitative estimate of drug-likeness (QED) is 0.779. The van der Waals surface area contributed by atoms with Crippen LogP contribution in [0.25, 0.3) is 0 Å². The summed E-state index contributed by atoms with van der Waals surface area (Å²) in [4.78, 5) is 14.8. The van der Waals surface area contributed by atoms with Gasteiger partial charge in [0.25, 0.3) is 0 Å². The lowest BCUT2D eigenvalue weighted by atomic mass is 10.1. The van der Waals surface area contributed by atoms with Gasteiger partial charge >= 0.3 is 0 Å². The highest BCUT2D eigenvalue weighted by molar-refractivity contribution is 8.00. The van der Waals surface area contributed by atoms with Crippen molar-refractivity contribution < 1.29 is 17.6 Å². The molecule has 0 radical (unpaired) electrons. The third kappa shape index (κ3) is 5.29. The molecule has 2 N–H and O–H groups in total. The van der Waals surface area contributed by atoms with Crippen LogP contribution in [0, 0.1) is 5.82 Å². The number of carbonyl (C=O) groups excluding carboxylic acids is 1. The van der Waals surface area contributed by atoms with E-state index in [1.54, 1.807) is 36.2 Å². The second-order valence-corrected chi connectivity index (χ2v) is 8.15. The van der Waals surface area contributed by atoms with Crippen LogP contribution in [-0.4, -0.2) is 32.0 Å². The molecule has 1 unspecified atom stereocenters. The molecule has 134 valence electrons. The molecule has 0 aromatic heterocycles. The molecule has 5 nitrogen and oxygen atoms in total. The minimum absolute atomic E-state index is 0.0318. The van der Waals surface area contributed by atoms with Crippen molar-refractivity contribution in [2.24, 2.45) is 5.14 Å². The van der Waals surface area contributed by atoms with Gasteiger partial charge in [0.1, 0.15) is 5.82 Å². The van der Waals surface area contributed by atoms with Crippen LogP contribution in [0.15, 0.2) is 58.3 Å². The van der Waals surface area contributed by atoms with Crippen molar-refractivity contribution in [3.63, 3.8) is 0 Å². The molecule has 1 amide bonds. The fraction of sp³-hybridized carbons (Fsp3) is 0.235. The first-order chi connectivity index (χ1) is 11.7. The number of carbonyl (C=O) groups is 1. The van der Waals surface area contributed by atoms with Crippen LogP contribution in [0.3, 0.4) is 0 Å². The van der Waals surface area contributed by atoms with E-state index < -0.39 is 10.0 Å². The molecule has 25 heavy (non-hydrogen) atoms. The van der Waals surface area contributed by atoms with Gasteiger partial charge in [-0.1, -0.05) is 12.1 Å². The van der Waals surface area contributed by atoms with Gasteiger partial charge in [0.2, 0.25) is 15.9 Å². The number of amides is 1. The van der Waals surface area contributed by atoms with Gasteiger partial charge in [-0.15, -0.1) is 11.8 Å². The van der Waals surface area contributed by atoms with E-state index in [0.717, 1.165) is 10.5 Å². The summed E-state index contributed by atoms with van der Waals surface area (Å²) in [5.41, 5.74) is 0.801. The van der Waals surface area contributed by atoms with E-state index in [1.165, 1.54) is 36.0 Å². The smallest absolute Gasteiger partial charge is 0.238 e. The molecule has 0 aliphatic carbocycles. The first kappa shape index (κ1) is 19.4. The molecule has 0 saturated carbocycles. The topological polar surface area (TPSA) is 80.5 Å². The Bertz CT molecular complexity index is 837. The maximum Gasteiger partial charge on any atom is 0.238 e. The Morgan fingerprint density at radius 2 is 1.72 bits per heavy atom. The fourth-order valence-electron chi connectivity index (χ4n) is 2.15. The molecular formula is C17H19FN2O3S2. The molecule has 8 heteroatoms. The summed E-state index contributed by atoms with van der Waals surface area (Å²) in [5.74, 6) is -0.177. The first-order valence-corrected chi connectivity index (χ1v) is 9.98. The van der Waals surface area contributed by atoms with Crippen molar-refractivity contribution in [3.8, 4) is 0 Å². The molecule has 1 atom stereocenters. The lowest BCUT2D eigenvalue weighted by Gasteiger charge is -2.25. The zero-order valence-corrected chi connectivity index (χ0v) is 15.5. The van der Waals surface area contributed by atoms with Gasteiger partial charge in [0, 0.05) is 11.9 Å². The Labute approximate surface area is 151 Å². The number of sulfonamides is 1. The molecule has 0 aliphatic heterocycles. The summed E-state index contributed by atoms with van der Waals surface area (Å²) in [6, 6.07) is 11.9. The predicted octanol–water partition coefficient (Wildman–Crippen LogP) is 2.78. The molecule has 0 saturated heterocycles. The van der Waals surface area contributed by atoms with Gasteiger partial charge in [-0.25, -0.2) is 17.9 Å². The molecule has 0 heterocycles. The van der Waals surface area contributed by atoms with E-state index in [9.17, 15) is 17.6 Å². The number of benzene rings is 2. The van der Waals surface area contributed by atoms with Crippen molar-refractivity contribution in [3.05, 3.63) is 59.9 Å². The number of hydrogen-bond acceptors (Lipinski definition) is 4. The van der Waals surface area contributed by atoms with Crippen LogP contribution in [0.5, 0.6) is 0 Å². The van der Waals surface area contributed by atoms with Gasteiger partial charge in [0.05, 0.1) is 16.7 Å². The molecule has 2 aromatic carbocycles. The zero-order valence-electron chi connectivity index (χ0n) is 13.8. The summed E-state index contributed by atoms with van der Waals surface area (Å²) in [6.07, 6.45) is 0. The zero-order chi connectivity index (χ0) is 18.6. The van der Waals surface area contributed by atoms with E-state index in [-0.39, 0.29) is 28.4 Å². The highest BCUT2D eigenvalue weighted by Gasteiger charge is 2.18. The van der Waals surface area contributed by atoms with Gasteiger partial charge in [-0.2, -0.15) is 0 Å². The largest absolute Gasteiger partial charge is 0.338 e. The third-order valence-corrected chi connectivity index (χ3v) is 5.77. The summed E-state index contributed by atoms with van der Waals surface area (Å²) in [6.45, 7) is 1.85. The lowest BCUT2D eigenvalue weighted by molar-refractivity contribution is -0.128. The van der Waals surface area contributed by atoms with Gasteiger partial charge in [-0.05, 0) is 48.9 Å². The number of rotatable bonds is 6. The molecule has 0 spiro atoms. The Kier molecular flexibility index (Phi) is 6.21. The molecule has 2 aromatic rings. The number of primary sulfonamides is 1. The summed E-state index contributed by atoms with van der Waals surface area (Å²) >= 11 is 1.33. The van der Waals surface area contributed by atoms with E-state index in [4.69, 9.17) is 5.14 Å². The van der Waals surface area contributed by atoms with Crippen LogP contribution in [-0.2, 0) is 14.8 Å². The van der Waals surface area contributed by atoms with Crippen molar-refractivity contribution in [1.29, 1.82) is 0 Å². The van der Waals surface area contributed by atoms with Gasteiger partial charge < -0.3 is 4.90 Å². The van der Waals surface area contributed by atoms with E-state index in [2.05, 4.69) is 0 Å². The Hall–Kier alpha value is -1.90. The average Bonchev–Trinajstić information content (AvgIpc) is 2.59. The average molecular weight is 382 g/mol. The monoisotopic (exact) mass is 382 g/mol. The predicted molar refractivity (Wildman–Crippen MR) is 96.1 cm³/mol. The maximum atomic E-state index is 12.9. The van der Waals surface area contributed by atoms with Crippen molar-refractivity contribution in [2.75, 3.05) is 12.8 Å². The number of halogens is 1. The molecule has 0 bridgehead atoms. The van der Waals surface area contributed by atoms with Gasteiger partial charge in [0.15, 0.2) is 0 Å². The number of thioether (sulfide) groups is 1. The minimum Gasteiger partial charge on any atom is -0.338 e. The third-order valence-electron chi connectivity index (χ3n) is 3.84. The SMILES string of the molecule is CC(c1ccc(S(N)(=O)=O)cc1)N(C)C(=O)CSc1ccc(F)cc1. The standard InChI is InChI=1S/C17H19FN2O3S2/c1-12(13-3-9-16(10-4-13)25(19,22)23)20(2)17(21)11-24-15-7-5-14(18)6-8-15/h3-10,12H,11H2,1-2H3,(H2,19,22,23). The lowest BCUT2D eigenvalue weighted by Crippen LogP contribution is -2.31. The normalized spacial score (nSPS) is 12.6. The van der Waals surface area contributed by atoms with Crippen molar-refractivity contribution >= 4 is 27.7 Å². The van der Waals surface area contributed by atoms with E-state index >= 15 is 0 Å². The van der Waals surface area contributed by atoms with Crippen LogP contribution in [0.1, 0.15) is 18.5 Å². The molecule has 0 aliphatic rings. The number of hydrogen-bond donors (Lipinski definition) is 1. The van der Waals surface area contributed by atoms with E-state index in [1.807, 2.05) is 6.92 Å².